The highest BCUT2D eigenvalue weighted by Gasteiger charge is 2.22. The molecule has 1 saturated heterocycles. The van der Waals surface area contributed by atoms with Crippen LogP contribution >= 0.6 is 0 Å². The number of hydrogen-bond donors (Lipinski definition) is 0. The van der Waals surface area contributed by atoms with E-state index in [9.17, 15) is 0 Å². The number of benzene rings is 1. The SMILES string of the molecule is Cc1cccc(C2CCCN(C(C)C)C2)c1. The lowest BCUT2D eigenvalue weighted by molar-refractivity contribution is 0.167. The van der Waals surface area contributed by atoms with Crippen LogP contribution in [0.4, 0.5) is 0 Å². The smallest absolute Gasteiger partial charge is 0.00530 e. The molecule has 0 radical (unpaired) electrons. The fraction of sp³-hybridized carbons (Fsp3) is 0.600. The fourth-order valence-corrected chi connectivity index (χ4v) is 2.67. The van der Waals surface area contributed by atoms with Crippen molar-refractivity contribution in [3.8, 4) is 0 Å². The van der Waals surface area contributed by atoms with Gasteiger partial charge >= 0.3 is 0 Å². The molecular weight excluding hydrogens is 194 g/mol. The summed E-state index contributed by atoms with van der Waals surface area (Å²) in [6.07, 6.45) is 2.70. The Kier molecular flexibility index (Phi) is 3.65. The largest absolute Gasteiger partial charge is 0.300 e. The van der Waals surface area contributed by atoms with Crippen LogP contribution in [0.3, 0.4) is 0 Å². The molecule has 1 fully saturated rings. The van der Waals surface area contributed by atoms with Gasteiger partial charge in [0.05, 0.1) is 0 Å². The highest BCUT2D eigenvalue weighted by atomic mass is 15.2. The molecule has 0 amide bonds. The van der Waals surface area contributed by atoms with Crippen molar-refractivity contribution in [3.05, 3.63) is 35.4 Å². The van der Waals surface area contributed by atoms with Crippen LogP contribution in [0.2, 0.25) is 0 Å². The molecule has 1 heterocycles. The minimum atomic E-state index is 0.688. The molecule has 1 nitrogen and oxygen atoms in total. The third-order valence-electron chi connectivity index (χ3n) is 3.70. The second kappa shape index (κ2) is 5.01. The van der Waals surface area contributed by atoms with Gasteiger partial charge in [0.2, 0.25) is 0 Å². The molecule has 1 aliphatic heterocycles. The highest BCUT2D eigenvalue weighted by Crippen LogP contribution is 2.28. The zero-order valence-electron chi connectivity index (χ0n) is 10.7. The second-order valence-corrected chi connectivity index (χ2v) is 5.34. The Morgan fingerprint density at radius 3 is 2.81 bits per heavy atom. The van der Waals surface area contributed by atoms with Crippen LogP contribution in [0, 0.1) is 6.92 Å². The number of nitrogens with zero attached hydrogens (tertiary/aromatic N) is 1. The van der Waals surface area contributed by atoms with Crippen LogP contribution in [0.15, 0.2) is 24.3 Å². The maximum atomic E-state index is 2.61. The second-order valence-electron chi connectivity index (χ2n) is 5.34. The maximum absolute atomic E-state index is 2.61. The van der Waals surface area contributed by atoms with E-state index in [1.807, 2.05) is 0 Å². The molecule has 0 N–H and O–H groups in total. The summed E-state index contributed by atoms with van der Waals surface area (Å²) in [4.78, 5) is 2.61. The van der Waals surface area contributed by atoms with Gasteiger partial charge in [-0.3, -0.25) is 0 Å². The van der Waals surface area contributed by atoms with Gasteiger partial charge < -0.3 is 4.90 Å². The van der Waals surface area contributed by atoms with Crippen LogP contribution in [-0.2, 0) is 0 Å². The Labute approximate surface area is 99.5 Å². The summed E-state index contributed by atoms with van der Waals surface area (Å²) in [5.74, 6) is 0.746. The van der Waals surface area contributed by atoms with Crippen LogP contribution < -0.4 is 0 Å². The molecule has 0 saturated carbocycles. The Morgan fingerprint density at radius 2 is 2.12 bits per heavy atom. The zero-order chi connectivity index (χ0) is 11.5. The zero-order valence-corrected chi connectivity index (χ0v) is 10.7. The fourth-order valence-electron chi connectivity index (χ4n) is 2.67. The summed E-state index contributed by atoms with van der Waals surface area (Å²) in [7, 11) is 0. The van der Waals surface area contributed by atoms with Gasteiger partial charge in [0.1, 0.15) is 0 Å². The molecule has 1 aromatic rings. The highest BCUT2D eigenvalue weighted by molar-refractivity contribution is 5.26. The number of hydrogen-bond acceptors (Lipinski definition) is 1. The molecule has 2 rings (SSSR count). The first-order valence-electron chi connectivity index (χ1n) is 6.47. The first-order chi connectivity index (χ1) is 7.66. The molecule has 0 aliphatic carbocycles. The summed E-state index contributed by atoms with van der Waals surface area (Å²) in [5.41, 5.74) is 2.92. The Bertz CT molecular complexity index is 343. The van der Waals surface area contributed by atoms with E-state index in [0.29, 0.717) is 6.04 Å². The predicted molar refractivity (Wildman–Crippen MR) is 69.9 cm³/mol. The van der Waals surface area contributed by atoms with E-state index in [1.165, 1.54) is 37.1 Å². The minimum absolute atomic E-state index is 0.688. The van der Waals surface area contributed by atoms with Crippen molar-refractivity contribution in [2.45, 2.75) is 45.6 Å². The number of rotatable bonds is 2. The lowest BCUT2D eigenvalue weighted by Gasteiger charge is -2.35. The first kappa shape index (κ1) is 11.7. The summed E-state index contributed by atoms with van der Waals surface area (Å²) >= 11 is 0. The van der Waals surface area contributed by atoms with E-state index in [-0.39, 0.29) is 0 Å². The van der Waals surface area contributed by atoms with Crippen molar-refractivity contribution in [2.24, 2.45) is 0 Å². The quantitative estimate of drug-likeness (QED) is 0.732. The lowest BCUT2D eigenvalue weighted by Crippen LogP contribution is -2.39. The van der Waals surface area contributed by atoms with Crippen molar-refractivity contribution < 1.29 is 0 Å². The van der Waals surface area contributed by atoms with E-state index in [1.54, 1.807) is 0 Å². The maximum Gasteiger partial charge on any atom is 0.00530 e. The lowest BCUT2D eigenvalue weighted by atomic mass is 9.89. The molecule has 0 aromatic heterocycles. The van der Waals surface area contributed by atoms with Crippen molar-refractivity contribution in [3.63, 3.8) is 0 Å². The first-order valence-corrected chi connectivity index (χ1v) is 6.47. The monoisotopic (exact) mass is 217 g/mol. The number of aryl methyl sites for hydroxylation is 1. The number of likely N-dealkylation sites (tertiary alicyclic amines) is 1. The van der Waals surface area contributed by atoms with Gasteiger partial charge in [-0.15, -0.1) is 0 Å². The Hall–Kier alpha value is -0.820. The topological polar surface area (TPSA) is 3.24 Å². The summed E-state index contributed by atoms with van der Waals surface area (Å²) in [6, 6.07) is 9.72. The summed E-state index contributed by atoms with van der Waals surface area (Å²) in [6.45, 7) is 9.31. The average Bonchev–Trinajstić information content (AvgIpc) is 2.29. The van der Waals surface area contributed by atoms with E-state index in [4.69, 9.17) is 0 Å². The van der Waals surface area contributed by atoms with Gasteiger partial charge in [-0.25, -0.2) is 0 Å². The van der Waals surface area contributed by atoms with Gasteiger partial charge in [0, 0.05) is 12.6 Å². The van der Waals surface area contributed by atoms with Gasteiger partial charge in [0.15, 0.2) is 0 Å². The van der Waals surface area contributed by atoms with Crippen LogP contribution in [0.5, 0.6) is 0 Å². The average molecular weight is 217 g/mol. The van der Waals surface area contributed by atoms with E-state index in [2.05, 4.69) is 49.9 Å². The van der Waals surface area contributed by atoms with Gasteiger partial charge in [-0.2, -0.15) is 0 Å². The molecule has 1 unspecified atom stereocenters. The van der Waals surface area contributed by atoms with Crippen molar-refractivity contribution in [2.75, 3.05) is 13.1 Å². The van der Waals surface area contributed by atoms with Crippen molar-refractivity contribution >= 4 is 0 Å². The Morgan fingerprint density at radius 1 is 1.31 bits per heavy atom. The Balaban J connectivity index is 2.09. The normalized spacial score (nSPS) is 22.6. The molecule has 1 aliphatic rings. The van der Waals surface area contributed by atoms with Gasteiger partial charge in [-0.1, -0.05) is 29.8 Å². The van der Waals surface area contributed by atoms with Gasteiger partial charge in [-0.05, 0) is 51.6 Å². The van der Waals surface area contributed by atoms with Crippen molar-refractivity contribution in [1.29, 1.82) is 0 Å². The summed E-state index contributed by atoms with van der Waals surface area (Å²) in [5, 5.41) is 0. The van der Waals surface area contributed by atoms with Crippen LogP contribution in [0.1, 0.15) is 43.7 Å². The van der Waals surface area contributed by atoms with Crippen molar-refractivity contribution in [1.82, 2.24) is 4.90 Å². The standard InChI is InChI=1S/C15H23N/c1-12(2)16-9-5-8-15(11-16)14-7-4-6-13(3)10-14/h4,6-7,10,12,15H,5,8-9,11H2,1-3H3. The molecule has 16 heavy (non-hydrogen) atoms. The van der Waals surface area contributed by atoms with E-state index in [0.717, 1.165) is 5.92 Å². The summed E-state index contributed by atoms with van der Waals surface area (Å²) < 4.78 is 0. The molecule has 1 heteroatoms. The molecular formula is C15H23N. The molecule has 1 aromatic carbocycles. The molecule has 1 atom stereocenters. The third kappa shape index (κ3) is 2.65. The van der Waals surface area contributed by atoms with Crippen LogP contribution in [-0.4, -0.2) is 24.0 Å². The third-order valence-corrected chi connectivity index (χ3v) is 3.70. The molecule has 0 spiro atoms. The van der Waals surface area contributed by atoms with Gasteiger partial charge in [0.25, 0.3) is 0 Å². The molecule has 0 bridgehead atoms. The van der Waals surface area contributed by atoms with E-state index >= 15 is 0 Å². The minimum Gasteiger partial charge on any atom is -0.300 e. The predicted octanol–water partition coefficient (Wildman–Crippen LogP) is 3.58. The molecule has 88 valence electrons. The number of piperidine rings is 1. The van der Waals surface area contributed by atoms with Crippen LogP contribution in [0.25, 0.3) is 0 Å². The van der Waals surface area contributed by atoms with E-state index < -0.39 is 0 Å².